The first-order valence-corrected chi connectivity index (χ1v) is 8.22. The molecule has 1 amide bonds. The van der Waals surface area contributed by atoms with E-state index < -0.39 is 0 Å². The fourth-order valence-electron chi connectivity index (χ4n) is 2.10. The number of nitrogens with one attached hydrogen (secondary N) is 1. The van der Waals surface area contributed by atoms with Gasteiger partial charge in [-0.1, -0.05) is 23.9 Å². The van der Waals surface area contributed by atoms with Crippen LogP contribution in [0.4, 0.5) is 0 Å². The molecule has 2 aromatic rings. The summed E-state index contributed by atoms with van der Waals surface area (Å²) in [5.74, 6) is 0.820. The van der Waals surface area contributed by atoms with Crippen molar-refractivity contribution < 1.29 is 4.79 Å². The van der Waals surface area contributed by atoms with Crippen LogP contribution >= 0.6 is 11.8 Å². The van der Waals surface area contributed by atoms with Gasteiger partial charge in [-0.05, 0) is 52.3 Å². The molecule has 0 unspecified atom stereocenters. The van der Waals surface area contributed by atoms with Crippen LogP contribution in [0.15, 0.2) is 29.4 Å². The molecule has 22 heavy (non-hydrogen) atoms. The van der Waals surface area contributed by atoms with E-state index in [0.29, 0.717) is 0 Å². The Kier molecular flexibility index (Phi) is 5.24. The van der Waals surface area contributed by atoms with Gasteiger partial charge in [-0.3, -0.25) is 9.36 Å². The van der Waals surface area contributed by atoms with Crippen LogP contribution in [0.25, 0.3) is 5.69 Å². The Balaban J connectivity index is 2.25. The SMILES string of the molecule is Cc1cccc(-n2c(C)nnc2S[C@@H](C)C(=O)NC(C)C)c1. The zero-order valence-corrected chi connectivity index (χ0v) is 14.4. The maximum absolute atomic E-state index is 12.1. The summed E-state index contributed by atoms with van der Waals surface area (Å²) in [6.45, 7) is 9.75. The molecule has 5 nitrogen and oxygen atoms in total. The Bertz CT molecular complexity index is 666. The average Bonchev–Trinajstić information content (AvgIpc) is 2.79. The molecule has 1 atom stereocenters. The van der Waals surface area contributed by atoms with Gasteiger partial charge in [0, 0.05) is 11.7 Å². The quantitative estimate of drug-likeness (QED) is 0.861. The normalized spacial score (nSPS) is 12.5. The van der Waals surface area contributed by atoms with E-state index in [2.05, 4.69) is 34.6 Å². The van der Waals surface area contributed by atoms with Crippen molar-refractivity contribution in [3.8, 4) is 5.69 Å². The number of benzene rings is 1. The minimum absolute atomic E-state index is 0.0106. The summed E-state index contributed by atoms with van der Waals surface area (Å²) in [7, 11) is 0. The molecule has 0 saturated heterocycles. The minimum Gasteiger partial charge on any atom is -0.353 e. The van der Waals surface area contributed by atoms with Gasteiger partial charge in [-0.25, -0.2) is 0 Å². The highest BCUT2D eigenvalue weighted by Crippen LogP contribution is 2.26. The molecule has 0 saturated carbocycles. The summed E-state index contributed by atoms with van der Waals surface area (Å²) < 4.78 is 1.98. The van der Waals surface area contributed by atoms with E-state index in [9.17, 15) is 4.79 Å². The lowest BCUT2D eigenvalue weighted by Gasteiger charge is -2.15. The third kappa shape index (κ3) is 3.88. The van der Waals surface area contributed by atoms with Gasteiger partial charge in [0.2, 0.25) is 5.91 Å². The predicted octanol–water partition coefficient (Wildman–Crippen LogP) is 2.89. The van der Waals surface area contributed by atoms with Gasteiger partial charge in [0.05, 0.1) is 5.25 Å². The lowest BCUT2D eigenvalue weighted by Crippen LogP contribution is -2.36. The molecule has 1 aromatic carbocycles. The highest BCUT2D eigenvalue weighted by atomic mass is 32.2. The molecule has 0 aliphatic heterocycles. The first-order valence-electron chi connectivity index (χ1n) is 7.34. The number of carbonyl (C=O) groups excluding carboxylic acids is 1. The number of thioether (sulfide) groups is 1. The first-order chi connectivity index (χ1) is 10.4. The van der Waals surface area contributed by atoms with Crippen molar-refractivity contribution in [2.24, 2.45) is 0 Å². The number of carbonyl (C=O) groups is 1. The second-order valence-electron chi connectivity index (χ2n) is 5.63. The third-order valence-corrected chi connectivity index (χ3v) is 4.18. The standard InChI is InChI=1S/C16H22N4OS/c1-10(2)17-15(21)12(4)22-16-19-18-13(5)20(16)14-8-6-7-11(3)9-14/h6-10,12H,1-5H3,(H,17,21)/t12-/m0/s1. The molecule has 118 valence electrons. The summed E-state index contributed by atoms with van der Waals surface area (Å²) in [5.41, 5.74) is 2.19. The number of hydrogen-bond donors (Lipinski definition) is 1. The Morgan fingerprint density at radius 2 is 1.95 bits per heavy atom. The maximum Gasteiger partial charge on any atom is 0.233 e. The van der Waals surface area contributed by atoms with Crippen molar-refractivity contribution in [3.05, 3.63) is 35.7 Å². The molecular weight excluding hydrogens is 296 g/mol. The number of nitrogens with zero attached hydrogens (tertiary/aromatic N) is 3. The smallest absolute Gasteiger partial charge is 0.233 e. The molecule has 0 aliphatic rings. The fourth-order valence-corrected chi connectivity index (χ4v) is 3.02. The monoisotopic (exact) mass is 318 g/mol. The first kappa shape index (κ1) is 16.5. The van der Waals surface area contributed by atoms with Crippen molar-refractivity contribution in [3.63, 3.8) is 0 Å². The lowest BCUT2D eigenvalue weighted by atomic mass is 10.2. The number of aromatic nitrogens is 3. The van der Waals surface area contributed by atoms with Gasteiger partial charge in [0.1, 0.15) is 5.82 Å². The van der Waals surface area contributed by atoms with E-state index in [1.165, 1.54) is 17.3 Å². The van der Waals surface area contributed by atoms with Gasteiger partial charge < -0.3 is 5.32 Å². The van der Waals surface area contributed by atoms with Crippen LogP contribution in [0.5, 0.6) is 0 Å². The van der Waals surface area contributed by atoms with Gasteiger partial charge >= 0.3 is 0 Å². The molecule has 0 spiro atoms. The van der Waals surface area contributed by atoms with E-state index in [0.717, 1.165) is 16.7 Å². The van der Waals surface area contributed by atoms with Crippen LogP contribution in [0.1, 0.15) is 32.2 Å². The minimum atomic E-state index is -0.227. The number of hydrogen-bond acceptors (Lipinski definition) is 4. The number of aryl methyl sites for hydroxylation is 2. The van der Waals surface area contributed by atoms with Crippen LogP contribution < -0.4 is 5.32 Å². The fraction of sp³-hybridized carbons (Fsp3) is 0.438. The topological polar surface area (TPSA) is 59.8 Å². The van der Waals surface area contributed by atoms with E-state index >= 15 is 0 Å². The third-order valence-electron chi connectivity index (χ3n) is 3.14. The van der Waals surface area contributed by atoms with Gasteiger partial charge in [-0.2, -0.15) is 0 Å². The summed E-state index contributed by atoms with van der Waals surface area (Å²) in [4.78, 5) is 12.1. The molecule has 2 rings (SSSR count). The summed E-state index contributed by atoms with van der Waals surface area (Å²) >= 11 is 1.42. The lowest BCUT2D eigenvalue weighted by molar-refractivity contribution is -0.120. The predicted molar refractivity (Wildman–Crippen MR) is 89.4 cm³/mol. The Morgan fingerprint density at radius 1 is 1.23 bits per heavy atom. The molecule has 0 radical (unpaired) electrons. The Hall–Kier alpha value is -1.82. The molecule has 1 heterocycles. The van der Waals surface area contributed by atoms with Crippen LogP contribution in [0.2, 0.25) is 0 Å². The largest absolute Gasteiger partial charge is 0.353 e. The van der Waals surface area contributed by atoms with Crippen LogP contribution in [-0.2, 0) is 4.79 Å². The molecule has 1 aromatic heterocycles. The summed E-state index contributed by atoms with van der Waals surface area (Å²) in [6.07, 6.45) is 0. The van der Waals surface area contributed by atoms with E-state index in [1.807, 2.05) is 44.4 Å². The van der Waals surface area contributed by atoms with Crippen LogP contribution in [0.3, 0.4) is 0 Å². The average molecular weight is 318 g/mol. The van der Waals surface area contributed by atoms with Crippen molar-refractivity contribution in [1.82, 2.24) is 20.1 Å². The zero-order valence-electron chi connectivity index (χ0n) is 13.6. The van der Waals surface area contributed by atoms with E-state index in [-0.39, 0.29) is 17.2 Å². The van der Waals surface area contributed by atoms with Gasteiger partial charge in [0.25, 0.3) is 0 Å². The second kappa shape index (κ2) is 6.96. The van der Waals surface area contributed by atoms with E-state index in [4.69, 9.17) is 0 Å². The molecule has 0 bridgehead atoms. The Labute approximate surface area is 135 Å². The van der Waals surface area contributed by atoms with Crippen molar-refractivity contribution in [1.29, 1.82) is 0 Å². The van der Waals surface area contributed by atoms with Crippen LogP contribution in [0, 0.1) is 13.8 Å². The van der Waals surface area contributed by atoms with Crippen LogP contribution in [-0.4, -0.2) is 32.0 Å². The Morgan fingerprint density at radius 3 is 2.59 bits per heavy atom. The van der Waals surface area contributed by atoms with Gasteiger partial charge in [-0.15, -0.1) is 10.2 Å². The molecule has 0 aliphatic carbocycles. The summed E-state index contributed by atoms with van der Waals surface area (Å²) in [6, 6.07) is 8.29. The van der Waals surface area contributed by atoms with Crippen molar-refractivity contribution >= 4 is 17.7 Å². The number of rotatable bonds is 5. The van der Waals surface area contributed by atoms with Crippen molar-refractivity contribution in [2.45, 2.75) is 51.1 Å². The summed E-state index contributed by atoms with van der Waals surface area (Å²) in [5, 5.41) is 11.8. The molecular formula is C16H22N4OS. The van der Waals surface area contributed by atoms with Crippen molar-refractivity contribution in [2.75, 3.05) is 0 Å². The number of amides is 1. The zero-order chi connectivity index (χ0) is 16.3. The maximum atomic E-state index is 12.1. The molecule has 1 N–H and O–H groups in total. The van der Waals surface area contributed by atoms with E-state index in [1.54, 1.807) is 0 Å². The highest BCUT2D eigenvalue weighted by Gasteiger charge is 2.20. The second-order valence-corrected chi connectivity index (χ2v) is 6.94. The molecule has 6 heteroatoms. The highest BCUT2D eigenvalue weighted by molar-refractivity contribution is 8.00. The van der Waals surface area contributed by atoms with Gasteiger partial charge in [0.15, 0.2) is 5.16 Å². The molecule has 0 fully saturated rings.